The van der Waals surface area contributed by atoms with Crippen LogP contribution in [0.3, 0.4) is 0 Å². The second-order valence-electron chi connectivity index (χ2n) is 17.0. The van der Waals surface area contributed by atoms with Crippen LogP contribution in [0.1, 0.15) is 113 Å². The van der Waals surface area contributed by atoms with Crippen molar-refractivity contribution in [3.05, 3.63) is 11.6 Å². The first-order chi connectivity index (χ1) is 19.0. The molecule has 0 aromatic heterocycles. The molecule has 0 unspecified atom stereocenters. The number of esters is 1. The normalized spacial score (nSPS) is 45.6. The van der Waals surface area contributed by atoms with Gasteiger partial charge in [-0.25, -0.2) is 0 Å². The molecule has 5 nitrogen and oxygen atoms in total. The molecule has 0 radical (unpaired) electrons. The first-order valence-corrected chi connectivity index (χ1v) is 17.0. The predicted molar refractivity (Wildman–Crippen MR) is 165 cm³/mol. The fourth-order valence-corrected chi connectivity index (χ4v) is 11.9. The number of amides is 1. The van der Waals surface area contributed by atoms with E-state index in [9.17, 15) is 9.59 Å². The van der Waals surface area contributed by atoms with Crippen LogP contribution in [-0.2, 0) is 14.3 Å². The highest BCUT2D eigenvalue weighted by molar-refractivity contribution is 5.84. The van der Waals surface area contributed by atoms with Gasteiger partial charge in [-0.3, -0.25) is 9.59 Å². The van der Waals surface area contributed by atoms with Crippen LogP contribution in [0.4, 0.5) is 0 Å². The van der Waals surface area contributed by atoms with E-state index in [4.69, 9.17) is 4.74 Å². The standard InChI is InChI=1S/C36H60N2O3.ClH/c1-23-13-18-36(31(40)37-21-22-38(9)10)20-19-34(7)26(30(36)24(23)2)11-12-28-33(6)16-15-29(41-25(3)39)32(4,5)27(33)14-17-35(28,34)8;/h11,23-24,27-30H,12-22H2,1-10H3,(H,37,40);1H/t23-,24+,27+,28-,29+,30+,33+,34-,35-,36+;/m1./s1. The van der Waals surface area contributed by atoms with Gasteiger partial charge in [0.25, 0.3) is 0 Å². The average Bonchev–Trinajstić information content (AvgIpc) is 2.88. The van der Waals surface area contributed by atoms with E-state index >= 15 is 0 Å². The van der Waals surface area contributed by atoms with Crippen LogP contribution in [0.5, 0.6) is 0 Å². The van der Waals surface area contributed by atoms with E-state index in [0.717, 1.165) is 58.0 Å². The van der Waals surface area contributed by atoms with E-state index in [0.29, 0.717) is 35.5 Å². The number of hydrogen-bond donors (Lipinski definition) is 2. The maximum absolute atomic E-state index is 14.2. The van der Waals surface area contributed by atoms with Gasteiger partial charge in [-0.15, -0.1) is 0 Å². The summed E-state index contributed by atoms with van der Waals surface area (Å²) >= 11 is 0. The zero-order valence-corrected chi connectivity index (χ0v) is 29.2. The number of ether oxygens (including phenoxy) is 1. The summed E-state index contributed by atoms with van der Waals surface area (Å²) in [4.78, 5) is 27.5. The Balaban J connectivity index is 0.00000405. The molecule has 0 bridgehead atoms. The Bertz CT molecular complexity index is 1090. The Morgan fingerprint density at radius 3 is 2.29 bits per heavy atom. The minimum Gasteiger partial charge on any atom is -1.00 e. The molecular weight excluding hydrogens is 544 g/mol. The van der Waals surface area contributed by atoms with Gasteiger partial charge in [-0.2, -0.15) is 0 Å². The lowest BCUT2D eigenvalue weighted by Crippen LogP contribution is -3.06. The lowest BCUT2D eigenvalue weighted by atomic mass is 9.33. The molecule has 6 heteroatoms. The van der Waals surface area contributed by atoms with E-state index in [1.807, 2.05) is 0 Å². The summed E-state index contributed by atoms with van der Waals surface area (Å²) in [5.41, 5.74) is 1.92. The average molecular weight is 605 g/mol. The van der Waals surface area contributed by atoms with Crippen molar-refractivity contribution >= 4 is 11.9 Å². The fraction of sp³-hybridized carbons (Fsp3) is 0.889. The fourth-order valence-electron chi connectivity index (χ4n) is 11.9. The number of carbonyl (C=O) groups excluding carboxylic acids is 2. The SMILES string of the molecule is CC(=O)O[C@H]1CC[C@]2(C)[C@H]3CC=C4[C@@H]5[C@@H](C)[C@H](C)CC[C@]5(C(=O)NCC[NH+](C)C)CC[C@@]4(C)[C@]3(C)CC[C@H]2C1(C)C.[Cl-]. The van der Waals surface area contributed by atoms with Crippen molar-refractivity contribution in [1.82, 2.24) is 5.32 Å². The summed E-state index contributed by atoms with van der Waals surface area (Å²) < 4.78 is 5.93. The third-order valence-electron chi connectivity index (χ3n) is 14.6. The zero-order chi connectivity index (χ0) is 30.2. The molecule has 4 fully saturated rings. The lowest BCUT2D eigenvalue weighted by Gasteiger charge is -2.71. The third kappa shape index (κ3) is 4.81. The van der Waals surface area contributed by atoms with Gasteiger partial charge in [0.15, 0.2) is 0 Å². The van der Waals surface area contributed by atoms with Crippen molar-refractivity contribution in [3.8, 4) is 0 Å². The van der Waals surface area contributed by atoms with Gasteiger partial charge in [-0.05, 0) is 104 Å². The third-order valence-corrected chi connectivity index (χ3v) is 14.6. The molecule has 5 rings (SSSR count). The van der Waals surface area contributed by atoms with E-state index in [1.54, 1.807) is 12.5 Å². The number of nitrogens with one attached hydrogen (secondary N) is 2. The largest absolute Gasteiger partial charge is 1.00 e. The lowest BCUT2D eigenvalue weighted by molar-refractivity contribution is -0.856. The van der Waals surface area contributed by atoms with Crippen LogP contribution in [0, 0.1) is 56.7 Å². The van der Waals surface area contributed by atoms with Gasteiger partial charge in [0, 0.05) is 12.3 Å². The first-order valence-electron chi connectivity index (χ1n) is 17.0. The topological polar surface area (TPSA) is 59.8 Å². The number of quaternary nitrogens is 1. The van der Waals surface area contributed by atoms with Crippen molar-refractivity contribution in [1.29, 1.82) is 0 Å². The molecule has 5 aliphatic rings. The van der Waals surface area contributed by atoms with Gasteiger partial charge in [0.1, 0.15) is 6.10 Å². The number of rotatable bonds is 5. The maximum atomic E-state index is 14.2. The zero-order valence-electron chi connectivity index (χ0n) is 28.4. The van der Waals surface area contributed by atoms with Crippen molar-refractivity contribution in [2.45, 2.75) is 119 Å². The van der Waals surface area contributed by atoms with Crippen molar-refractivity contribution in [2.24, 2.45) is 56.7 Å². The van der Waals surface area contributed by atoms with Gasteiger partial charge in [-0.1, -0.05) is 60.1 Å². The molecule has 0 spiro atoms. The van der Waals surface area contributed by atoms with Gasteiger partial charge in [0.05, 0.1) is 32.6 Å². The van der Waals surface area contributed by atoms with E-state index in [1.165, 1.54) is 17.7 Å². The van der Waals surface area contributed by atoms with E-state index < -0.39 is 0 Å². The molecule has 42 heavy (non-hydrogen) atoms. The Labute approximate surface area is 263 Å². The minimum atomic E-state index is -0.257. The van der Waals surface area contributed by atoms with Gasteiger partial charge < -0.3 is 27.4 Å². The second-order valence-corrected chi connectivity index (χ2v) is 17.0. The summed E-state index contributed by atoms with van der Waals surface area (Å²) in [5, 5.41) is 3.43. The summed E-state index contributed by atoms with van der Waals surface area (Å²) in [6.07, 6.45) is 12.7. The van der Waals surface area contributed by atoms with Gasteiger partial charge >= 0.3 is 5.97 Å². The molecule has 0 aromatic carbocycles. The predicted octanol–water partition coefficient (Wildman–Crippen LogP) is 2.84. The monoisotopic (exact) mass is 604 g/mol. The number of halogens is 1. The minimum absolute atomic E-state index is 0. The molecular formula is C36H61ClN2O3. The molecule has 5 aliphatic carbocycles. The summed E-state index contributed by atoms with van der Waals surface area (Å²) in [6.45, 7) is 20.8. The number of likely N-dealkylation sites (N-methyl/N-ethyl adjacent to an activating group) is 1. The Kier molecular flexibility index (Phi) is 9.16. The molecule has 10 atom stereocenters. The summed E-state index contributed by atoms with van der Waals surface area (Å²) in [6, 6.07) is 0. The number of carbonyl (C=O) groups is 2. The first kappa shape index (κ1) is 33.8. The van der Waals surface area contributed by atoms with Crippen LogP contribution < -0.4 is 22.6 Å². The van der Waals surface area contributed by atoms with E-state index in [-0.39, 0.29) is 51.6 Å². The molecule has 0 aromatic rings. The highest BCUT2D eigenvalue weighted by atomic mass is 35.5. The molecule has 0 heterocycles. The number of fused-ring (bicyclic) bond motifs is 7. The highest BCUT2D eigenvalue weighted by Crippen LogP contribution is 2.75. The van der Waals surface area contributed by atoms with Crippen molar-refractivity contribution in [3.63, 3.8) is 0 Å². The number of hydrogen-bond acceptors (Lipinski definition) is 3. The van der Waals surface area contributed by atoms with E-state index in [2.05, 4.69) is 74.0 Å². The molecule has 2 N–H and O–H groups in total. The van der Waals surface area contributed by atoms with Crippen LogP contribution >= 0.6 is 0 Å². The van der Waals surface area contributed by atoms with Crippen LogP contribution in [-0.4, -0.2) is 45.2 Å². The second kappa shape index (κ2) is 11.4. The van der Waals surface area contributed by atoms with Gasteiger partial charge in [0.2, 0.25) is 5.91 Å². The Morgan fingerprint density at radius 1 is 0.952 bits per heavy atom. The quantitative estimate of drug-likeness (QED) is 0.375. The van der Waals surface area contributed by atoms with Crippen LogP contribution in [0.25, 0.3) is 0 Å². The molecule has 1 amide bonds. The Morgan fingerprint density at radius 2 is 1.64 bits per heavy atom. The Hall–Kier alpha value is -1.07. The van der Waals surface area contributed by atoms with Crippen LogP contribution in [0.15, 0.2) is 11.6 Å². The molecule has 240 valence electrons. The molecule has 0 aliphatic heterocycles. The summed E-state index contributed by atoms with van der Waals surface area (Å²) in [5.74, 6) is 2.86. The summed E-state index contributed by atoms with van der Waals surface area (Å²) in [7, 11) is 4.32. The maximum Gasteiger partial charge on any atom is 0.302 e. The van der Waals surface area contributed by atoms with Crippen molar-refractivity contribution in [2.75, 3.05) is 27.2 Å². The molecule has 0 saturated heterocycles. The smallest absolute Gasteiger partial charge is 0.302 e. The van der Waals surface area contributed by atoms with Crippen LogP contribution in [0.2, 0.25) is 0 Å². The number of allylic oxidation sites excluding steroid dienone is 2. The molecule has 4 saturated carbocycles. The highest BCUT2D eigenvalue weighted by Gasteiger charge is 2.69. The van der Waals surface area contributed by atoms with Crippen molar-refractivity contribution < 1.29 is 31.6 Å².